The molecule has 25 heavy (non-hydrogen) atoms. The predicted octanol–water partition coefficient (Wildman–Crippen LogP) is 4.64. The highest BCUT2D eigenvalue weighted by Crippen LogP contribution is 2.22. The monoisotopic (exact) mass is 339 g/mol. The lowest BCUT2D eigenvalue weighted by atomic mass is 10.1. The van der Waals surface area contributed by atoms with Gasteiger partial charge in [0.15, 0.2) is 0 Å². The summed E-state index contributed by atoms with van der Waals surface area (Å²) >= 11 is 0. The molecule has 0 aliphatic carbocycles. The summed E-state index contributed by atoms with van der Waals surface area (Å²) in [7, 11) is 0. The van der Waals surface area contributed by atoms with E-state index in [1.165, 1.54) is 0 Å². The third kappa shape index (κ3) is 4.15. The zero-order valence-electron chi connectivity index (χ0n) is 14.3. The smallest absolute Gasteiger partial charge is 0.357 e. The molecule has 0 N–H and O–H groups in total. The van der Waals surface area contributed by atoms with E-state index in [2.05, 4.69) is 0 Å². The van der Waals surface area contributed by atoms with Crippen LogP contribution < -0.4 is 0 Å². The Labute approximate surface area is 147 Å². The van der Waals surface area contributed by atoms with Crippen molar-refractivity contribution in [2.24, 2.45) is 0 Å². The van der Waals surface area contributed by atoms with Crippen molar-refractivity contribution >= 4 is 12.0 Å². The third-order valence-corrected chi connectivity index (χ3v) is 4.45. The maximum absolute atomic E-state index is 14.3. The first-order valence-electron chi connectivity index (χ1n) is 8.68. The lowest BCUT2D eigenvalue weighted by molar-refractivity contribution is -0.109. The molecule has 4 heteroatoms. The van der Waals surface area contributed by atoms with Crippen LogP contribution in [0.4, 0.5) is 4.39 Å². The fourth-order valence-electron chi connectivity index (χ4n) is 3.02. The fraction of sp³-hybridized carbons (Fsp3) is 0.286. The summed E-state index contributed by atoms with van der Waals surface area (Å²) < 4.78 is 14.3. The number of carbonyl (C=O) groups is 1. The van der Waals surface area contributed by atoms with Crippen LogP contribution in [0.2, 0.25) is 0 Å². The predicted molar refractivity (Wildman–Crippen MR) is 96.4 cm³/mol. The van der Waals surface area contributed by atoms with E-state index in [1.54, 1.807) is 47.5 Å². The first kappa shape index (κ1) is 17.4. The van der Waals surface area contributed by atoms with Crippen molar-refractivity contribution < 1.29 is 14.0 Å². The van der Waals surface area contributed by atoms with Crippen molar-refractivity contribution in [1.82, 2.24) is 5.06 Å². The molecule has 1 heterocycles. The first-order chi connectivity index (χ1) is 12.2. The van der Waals surface area contributed by atoms with Crippen LogP contribution in [0.3, 0.4) is 0 Å². The quantitative estimate of drug-likeness (QED) is 0.795. The van der Waals surface area contributed by atoms with Gasteiger partial charge in [-0.3, -0.25) is 0 Å². The van der Waals surface area contributed by atoms with Gasteiger partial charge in [0.05, 0.1) is 11.6 Å². The van der Waals surface area contributed by atoms with E-state index in [0.717, 1.165) is 12.8 Å². The molecule has 130 valence electrons. The number of benzene rings is 2. The van der Waals surface area contributed by atoms with E-state index >= 15 is 0 Å². The second-order valence-electron chi connectivity index (χ2n) is 6.13. The molecule has 0 radical (unpaired) electrons. The lowest BCUT2D eigenvalue weighted by Gasteiger charge is -2.20. The van der Waals surface area contributed by atoms with Crippen LogP contribution >= 0.6 is 0 Å². The second kappa shape index (κ2) is 8.08. The Hall–Kier alpha value is -2.46. The highest BCUT2D eigenvalue weighted by molar-refractivity contribution is 5.89. The molecule has 0 spiro atoms. The molecule has 0 amide bonds. The third-order valence-electron chi connectivity index (χ3n) is 4.45. The number of hydrogen-bond donors (Lipinski definition) is 0. The normalized spacial score (nSPS) is 17.9. The largest absolute Gasteiger partial charge is 0.363 e. The molecule has 1 atom stereocenters. The van der Waals surface area contributed by atoms with Gasteiger partial charge in [-0.2, -0.15) is 0 Å². The van der Waals surface area contributed by atoms with E-state index in [4.69, 9.17) is 4.84 Å². The van der Waals surface area contributed by atoms with E-state index in [9.17, 15) is 9.18 Å². The molecule has 0 unspecified atom stereocenters. The Morgan fingerprint density at radius 2 is 2.04 bits per heavy atom. The molecule has 3 nitrogen and oxygen atoms in total. The van der Waals surface area contributed by atoms with Crippen molar-refractivity contribution in [3.63, 3.8) is 0 Å². The second-order valence-corrected chi connectivity index (χ2v) is 6.13. The van der Waals surface area contributed by atoms with Crippen LogP contribution in [0.5, 0.6) is 0 Å². The maximum atomic E-state index is 14.3. The van der Waals surface area contributed by atoms with E-state index < -0.39 is 0 Å². The summed E-state index contributed by atoms with van der Waals surface area (Å²) in [5, 5.41) is 1.69. The van der Waals surface area contributed by atoms with Crippen LogP contribution in [-0.4, -0.2) is 23.6 Å². The van der Waals surface area contributed by atoms with Gasteiger partial charge in [0.25, 0.3) is 0 Å². The standard InChI is InChI=1S/C21H22FNO2/c1-2-16-10-6-11-17(20(16)22)13-14-19-12-7-15-23(19)25-21(24)18-8-4-3-5-9-18/h3-6,8-11,13-14,19H,2,7,12,15H2,1H3/b14-13+/t19-/m1/s1. The minimum absolute atomic E-state index is 0.0302. The van der Waals surface area contributed by atoms with Crippen LogP contribution in [0.1, 0.15) is 41.3 Å². The van der Waals surface area contributed by atoms with Gasteiger partial charge in [-0.15, -0.1) is 5.06 Å². The molecular weight excluding hydrogens is 317 g/mol. The summed E-state index contributed by atoms with van der Waals surface area (Å²) in [5.74, 6) is -0.535. The van der Waals surface area contributed by atoms with Gasteiger partial charge in [0, 0.05) is 12.1 Å². The highest BCUT2D eigenvalue weighted by atomic mass is 19.1. The van der Waals surface area contributed by atoms with Gasteiger partial charge in [-0.1, -0.05) is 55.5 Å². The number of rotatable bonds is 5. The molecule has 0 saturated carbocycles. The van der Waals surface area contributed by atoms with Crippen molar-refractivity contribution in [3.8, 4) is 0 Å². The average molecular weight is 339 g/mol. The Morgan fingerprint density at radius 1 is 1.24 bits per heavy atom. The molecule has 1 saturated heterocycles. The molecule has 1 fully saturated rings. The van der Waals surface area contributed by atoms with Crippen molar-refractivity contribution in [1.29, 1.82) is 0 Å². The molecule has 2 aromatic rings. The summed E-state index contributed by atoms with van der Waals surface area (Å²) in [4.78, 5) is 17.7. The van der Waals surface area contributed by atoms with Crippen LogP contribution in [0.25, 0.3) is 6.08 Å². The minimum atomic E-state index is -0.361. The molecule has 2 aromatic carbocycles. The summed E-state index contributed by atoms with van der Waals surface area (Å²) in [6.45, 7) is 2.62. The molecule has 0 aromatic heterocycles. The number of carbonyl (C=O) groups excluding carboxylic acids is 1. The van der Waals surface area contributed by atoms with Crippen LogP contribution in [0.15, 0.2) is 54.6 Å². The Kier molecular flexibility index (Phi) is 5.61. The molecule has 3 rings (SSSR count). The zero-order valence-corrected chi connectivity index (χ0v) is 14.3. The van der Waals surface area contributed by atoms with E-state index in [0.29, 0.717) is 29.7 Å². The van der Waals surface area contributed by atoms with E-state index in [-0.39, 0.29) is 17.8 Å². The van der Waals surface area contributed by atoms with Gasteiger partial charge in [0.1, 0.15) is 5.82 Å². The Balaban J connectivity index is 1.69. The average Bonchev–Trinajstić information content (AvgIpc) is 3.08. The van der Waals surface area contributed by atoms with Crippen molar-refractivity contribution in [2.75, 3.05) is 6.54 Å². The maximum Gasteiger partial charge on any atom is 0.357 e. The Bertz CT molecular complexity index is 758. The SMILES string of the molecule is CCc1cccc(/C=C/[C@H]2CCCN2OC(=O)c2ccccc2)c1F. The molecular formula is C21H22FNO2. The van der Waals surface area contributed by atoms with Gasteiger partial charge >= 0.3 is 5.97 Å². The fourth-order valence-corrected chi connectivity index (χ4v) is 3.02. The molecule has 1 aliphatic rings. The highest BCUT2D eigenvalue weighted by Gasteiger charge is 2.26. The summed E-state index contributed by atoms with van der Waals surface area (Å²) in [6.07, 6.45) is 6.19. The van der Waals surface area contributed by atoms with Gasteiger partial charge in [-0.25, -0.2) is 9.18 Å². The number of nitrogens with zero attached hydrogens (tertiary/aromatic N) is 1. The first-order valence-corrected chi connectivity index (χ1v) is 8.68. The molecule has 1 aliphatic heterocycles. The van der Waals surface area contributed by atoms with Gasteiger partial charge in [0.2, 0.25) is 0 Å². The summed E-state index contributed by atoms with van der Waals surface area (Å²) in [5.41, 5.74) is 1.81. The lowest BCUT2D eigenvalue weighted by Crippen LogP contribution is -2.30. The van der Waals surface area contributed by atoms with Crippen LogP contribution in [-0.2, 0) is 11.3 Å². The van der Waals surface area contributed by atoms with Gasteiger partial charge in [-0.05, 0) is 37.0 Å². The molecule has 0 bridgehead atoms. The van der Waals surface area contributed by atoms with Crippen molar-refractivity contribution in [3.05, 3.63) is 77.1 Å². The number of hydrogen-bond acceptors (Lipinski definition) is 3. The van der Waals surface area contributed by atoms with Crippen molar-refractivity contribution in [2.45, 2.75) is 32.2 Å². The van der Waals surface area contributed by atoms with Crippen LogP contribution in [0, 0.1) is 5.82 Å². The number of aryl methyl sites for hydroxylation is 1. The number of hydroxylamine groups is 2. The number of halogens is 1. The zero-order chi connectivity index (χ0) is 17.6. The Morgan fingerprint density at radius 3 is 2.80 bits per heavy atom. The minimum Gasteiger partial charge on any atom is -0.363 e. The van der Waals surface area contributed by atoms with E-state index in [1.807, 2.05) is 25.1 Å². The topological polar surface area (TPSA) is 29.5 Å². The van der Waals surface area contributed by atoms with Gasteiger partial charge < -0.3 is 4.84 Å². The summed E-state index contributed by atoms with van der Waals surface area (Å²) in [6, 6.07) is 14.3.